The molecule has 2 aliphatic heterocycles. The molecule has 0 radical (unpaired) electrons. The minimum Gasteiger partial charge on any atom is -0.465 e. The van der Waals surface area contributed by atoms with Gasteiger partial charge in [-0.3, -0.25) is 14.9 Å². The number of fused-ring (bicyclic) bond motifs is 2. The topological polar surface area (TPSA) is 111 Å². The predicted octanol–water partition coefficient (Wildman–Crippen LogP) is 5.07. The molecule has 37 heavy (non-hydrogen) atoms. The first-order valence-electron chi connectivity index (χ1n) is 11.5. The Morgan fingerprint density at radius 2 is 1.95 bits per heavy atom. The molecular weight excluding hydrogens is 520 g/mol. The molecule has 2 heterocycles. The van der Waals surface area contributed by atoms with Gasteiger partial charge in [-0.25, -0.2) is 9.18 Å². The van der Waals surface area contributed by atoms with Crippen molar-refractivity contribution in [2.75, 3.05) is 18.2 Å². The number of hydrogen-bond acceptors (Lipinski definition) is 6. The Bertz CT molecular complexity index is 1460. The van der Waals surface area contributed by atoms with Crippen LogP contribution >= 0.6 is 23.2 Å². The molecule has 7 nitrogen and oxygen atoms in total. The van der Waals surface area contributed by atoms with E-state index in [1.54, 1.807) is 30.3 Å². The molecule has 1 spiro atoms. The van der Waals surface area contributed by atoms with Crippen LogP contribution in [0.4, 0.5) is 15.8 Å². The highest BCUT2D eigenvalue weighted by Gasteiger charge is 2.58. The number of halogens is 3. The lowest BCUT2D eigenvalue weighted by Gasteiger charge is -2.30. The van der Waals surface area contributed by atoms with Crippen molar-refractivity contribution in [3.63, 3.8) is 0 Å². The quantitative estimate of drug-likeness (QED) is 0.236. The van der Waals surface area contributed by atoms with Gasteiger partial charge in [0.25, 0.3) is 0 Å². The van der Waals surface area contributed by atoms with E-state index < -0.39 is 29.3 Å². The Kier molecular flexibility index (Phi) is 6.43. The molecule has 10 heteroatoms. The highest BCUT2D eigenvalue weighted by molar-refractivity contribution is 6.31. The Morgan fingerprint density at radius 1 is 1.16 bits per heavy atom. The van der Waals surface area contributed by atoms with Gasteiger partial charge in [0.1, 0.15) is 11.4 Å². The van der Waals surface area contributed by atoms with Crippen LogP contribution in [0, 0.1) is 5.82 Å². The monoisotopic (exact) mass is 541 g/mol. The summed E-state index contributed by atoms with van der Waals surface area (Å²) in [7, 11) is 1.24. The van der Waals surface area contributed by atoms with Gasteiger partial charge in [0.2, 0.25) is 5.91 Å². The van der Waals surface area contributed by atoms with Crippen LogP contribution in [-0.2, 0) is 15.1 Å². The van der Waals surface area contributed by atoms with E-state index in [9.17, 15) is 14.4 Å². The van der Waals surface area contributed by atoms with Gasteiger partial charge in [-0.2, -0.15) is 0 Å². The summed E-state index contributed by atoms with van der Waals surface area (Å²) in [6.45, 7) is 0. The van der Waals surface area contributed by atoms with Gasteiger partial charge in [0, 0.05) is 45.9 Å². The highest BCUT2D eigenvalue weighted by Crippen LogP contribution is 2.53. The maximum atomic E-state index is 15.3. The summed E-state index contributed by atoms with van der Waals surface area (Å²) in [4.78, 5) is 38.8. The number of nitrogens with two attached hydrogens (primary N) is 1. The van der Waals surface area contributed by atoms with Crippen LogP contribution in [0.1, 0.15) is 50.6 Å². The van der Waals surface area contributed by atoms with Gasteiger partial charge in [0.15, 0.2) is 5.78 Å². The Balaban J connectivity index is 1.54. The number of anilines is 2. The summed E-state index contributed by atoms with van der Waals surface area (Å²) in [5.74, 6) is -2.60. The summed E-state index contributed by atoms with van der Waals surface area (Å²) in [5.41, 5.74) is 6.64. The number of esters is 1. The third-order valence-corrected chi connectivity index (χ3v) is 7.58. The molecule has 1 saturated heterocycles. The second kappa shape index (κ2) is 9.45. The highest BCUT2D eigenvalue weighted by atomic mass is 35.5. The Morgan fingerprint density at radius 3 is 2.70 bits per heavy atom. The van der Waals surface area contributed by atoms with E-state index >= 15 is 4.39 Å². The van der Waals surface area contributed by atoms with Gasteiger partial charge in [-0.15, -0.1) is 0 Å². The number of ether oxygens (including phenoxy) is 1. The molecule has 1 amide bonds. The number of ketones is 1. The van der Waals surface area contributed by atoms with E-state index in [-0.39, 0.29) is 51.9 Å². The Hall–Kier alpha value is -3.46. The number of rotatable bonds is 5. The van der Waals surface area contributed by atoms with Crippen LogP contribution < -0.4 is 16.4 Å². The van der Waals surface area contributed by atoms with Crippen LogP contribution in [0.2, 0.25) is 10.0 Å². The molecule has 2 aliphatic rings. The largest absolute Gasteiger partial charge is 0.465 e. The van der Waals surface area contributed by atoms with Crippen LogP contribution in [-0.4, -0.2) is 30.8 Å². The van der Waals surface area contributed by atoms with E-state index in [4.69, 9.17) is 33.7 Å². The smallest absolute Gasteiger partial charge is 0.337 e. The predicted molar refractivity (Wildman–Crippen MR) is 139 cm³/mol. The average molecular weight is 542 g/mol. The number of Topliss-reactive ketones (excluding diaryl/α,β-unsaturated/α-hetero) is 1. The summed E-state index contributed by atoms with van der Waals surface area (Å²) < 4.78 is 20.0. The standard InChI is InChI=1S/C27H22Cl2FN3O4/c1-37-25(35)13-5-8-21(31)17(9-13)23(34)12-15-11-19(16-3-2-4-20(29)24(16)30)27(33-15)18-7-6-14(28)10-22(18)32-26(27)36/h2-10,15,19,33H,11-12,31H2,1H3,(H,32,36)/t15-,19-,27-/m1/s1. The van der Waals surface area contributed by atoms with Crippen molar-refractivity contribution in [1.82, 2.24) is 5.32 Å². The molecule has 3 aromatic carbocycles. The number of amides is 1. The molecule has 3 atom stereocenters. The maximum Gasteiger partial charge on any atom is 0.337 e. The zero-order chi connectivity index (χ0) is 26.5. The van der Waals surface area contributed by atoms with Crippen LogP contribution in [0.3, 0.4) is 0 Å². The number of nitrogen functional groups attached to an aromatic ring is 1. The lowest BCUT2D eigenvalue weighted by atomic mass is 9.76. The van der Waals surface area contributed by atoms with Crippen molar-refractivity contribution >= 4 is 52.2 Å². The van der Waals surface area contributed by atoms with Crippen molar-refractivity contribution in [2.45, 2.75) is 30.3 Å². The molecule has 4 N–H and O–H groups in total. The van der Waals surface area contributed by atoms with Gasteiger partial charge >= 0.3 is 5.97 Å². The van der Waals surface area contributed by atoms with Gasteiger partial charge < -0.3 is 15.8 Å². The lowest BCUT2D eigenvalue weighted by Crippen LogP contribution is -2.49. The van der Waals surface area contributed by atoms with E-state index in [0.29, 0.717) is 16.3 Å². The molecule has 1 fully saturated rings. The summed E-state index contributed by atoms with van der Waals surface area (Å²) >= 11 is 12.2. The fraction of sp³-hybridized carbons (Fsp3) is 0.222. The maximum absolute atomic E-state index is 15.3. The number of hydrogen-bond donors (Lipinski definition) is 3. The van der Waals surface area contributed by atoms with Crippen LogP contribution in [0.15, 0.2) is 54.6 Å². The van der Waals surface area contributed by atoms with Crippen molar-refractivity contribution in [3.05, 3.63) is 92.7 Å². The third kappa shape index (κ3) is 4.15. The molecule has 190 valence electrons. The van der Waals surface area contributed by atoms with Gasteiger partial charge in [0.05, 0.1) is 17.7 Å². The van der Waals surface area contributed by atoms with E-state index in [1.807, 2.05) is 0 Å². The zero-order valence-electron chi connectivity index (χ0n) is 19.6. The normalized spacial score (nSPS) is 22.1. The zero-order valence-corrected chi connectivity index (χ0v) is 21.1. The number of benzene rings is 3. The molecular formula is C27H22Cl2FN3O4. The number of carbonyl (C=O) groups excluding carboxylic acids is 3. The van der Waals surface area contributed by atoms with Crippen LogP contribution in [0.25, 0.3) is 0 Å². The molecule has 0 aromatic heterocycles. The van der Waals surface area contributed by atoms with Crippen molar-refractivity contribution in [3.8, 4) is 0 Å². The molecule has 0 aliphatic carbocycles. The van der Waals surface area contributed by atoms with E-state index in [2.05, 4.69) is 10.6 Å². The van der Waals surface area contributed by atoms with Crippen molar-refractivity contribution < 1.29 is 23.5 Å². The lowest BCUT2D eigenvalue weighted by molar-refractivity contribution is -0.122. The molecule has 0 unspecified atom stereocenters. The summed E-state index contributed by atoms with van der Waals surface area (Å²) in [6.07, 6.45) is 0.209. The second-order valence-electron chi connectivity index (χ2n) is 9.15. The van der Waals surface area contributed by atoms with E-state index in [1.165, 1.54) is 31.4 Å². The minimum absolute atomic E-state index is 0.0501. The third-order valence-electron chi connectivity index (χ3n) is 7.05. The van der Waals surface area contributed by atoms with Crippen molar-refractivity contribution in [2.24, 2.45) is 0 Å². The van der Waals surface area contributed by atoms with Crippen molar-refractivity contribution in [1.29, 1.82) is 0 Å². The number of nitrogens with one attached hydrogen (secondary N) is 2. The molecule has 3 aromatic rings. The summed E-state index contributed by atoms with van der Waals surface area (Å²) in [5, 5.41) is 6.56. The SMILES string of the molecule is COC(=O)c1ccc(N)c(C(=O)C[C@H]2C[C@H](c3cccc(Cl)c3F)[C@@]3(N2)C(=O)Nc2cc(Cl)ccc23)c1. The fourth-order valence-electron chi connectivity index (χ4n) is 5.40. The first-order chi connectivity index (χ1) is 17.6. The molecule has 0 bridgehead atoms. The number of carbonyl (C=O) groups is 3. The van der Waals surface area contributed by atoms with Gasteiger partial charge in [-0.1, -0.05) is 41.4 Å². The minimum atomic E-state index is -1.35. The van der Waals surface area contributed by atoms with Gasteiger partial charge in [-0.05, 0) is 48.4 Å². The molecule has 5 rings (SSSR count). The second-order valence-corrected chi connectivity index (χ2v) is 9.99. The Labute approximate surface area is 222 Å². The fourth-order valence-corrected chi connectivity index (χ4v) is 5.75. The first kappa shape index (κ1) is 25.2. The summed E-state index contributed by atoms with van der Waals surface area (Å²) in [6, 6.07) is 13.5. The first-order valence-corrected chi connectivity index (χ1v) is 12.3. The molecule has 0 saturated carbocycles. The number of methoxy groups -OCH3 is 1. The van der Waals surface area contributed by atoms with Crippen LogP contribution in [0.5, 0.6) is 0 Å². The van der Waals surface area contributed by atoms with E-state index in [0.717, 1.165) is 0 Å². The average Bonchev–Trinajstić information content (AvgIpc) is 3.37.